The summed E-state index contributed by atoms with van der Waals surface area (Å²) in [5.41, 5.74) is 3.83. The van der Waals surface area contributed by atoms with Gasteiger partial charge >= 0.3 is 7.37 Å². The molecule has 0 saturated carbocycles. The molecule has 0 aliphatic heterocycles. The monoisotopic (exact) mass is 316 g/mol. The van der Waals surface area contributed by atoms with Gasteiger partial charge in [0.2, 0.25) is 0 Å². The summed E-state index contributed by atoms with van der Waals surface area (Å²) in [4.78, 5) is 12.9. The molecule has 0 N–H and O–H groups in total. The smallest absolute Gasteiger partial charge is 0.300 e. The Morgan fingerprint density at radius 2 is 1.41 bits per heavy atom. The Morgan fingerprint density at radius 3 is 1.86 bits per heavy atom. The topological polar surface area (TPSA) is 43.4 Å². The van der Waals surface area contributed by atoms with E-state index in [9.17, 15) is 9.36 Å². The lowest BCUT2D eigenvalue weighted by Gasteiger charge is -2.18. The van der Waals surface area contributed by atoms with Gasteiger partial charge in [-0.15, -0.1) is 0 Å². The number of rotatable bonds is 4. The van der Waals surface area contributed by atoms with Gasteiger partial charge in [0.1, 0.15) is 0 Å². The molecule has 2 aromatic carbocycles. The zero-order valence-electron chi connectivity index (χ0n) is 13.6. The highest BCUT2D eigenvalue weighted by Crippen LogP contribution is 2.49. The van der Waals surface area contributed by atoms with Gasteiger partial charge in [-0.3, -0.25) is 9.36 Å². The number of aryl methyl sites for hydroxylation is 4. The third kappa shape index (κ3) is 2.92. The fraction of sp³-hybridized carbons (Fsp3) is 0.278. The van der Waals surface area contributed by atoms with Crippen molar-refractivity contribution in [1.82, 2.24) is 0 Å². The van der Waals surface area contributed by atoms with Crippen LogP contribution in [0.15, 0.2) is 36.4 Å². The van der Waals surface area contributed by atoms with Crippen LogP contribution in [0.3, 0.4) is 0 Å². The molecule has 0 saturated heterocycles. The highest BCUT2D eigenvalue weighted by atomic mass is 31.2. The van der Waals surface area contributed by atoms with Crippen molar-refractivity contribution in [3.8, 4) is 0 Å². The third-order valence-electron chi connectivity index (χ3n) is 3.79. The van der Waals surface area contributed by atoms with Gasteiger partial charge in [0.25, 0.3) is 5.52 Å². The van der Waals surface area contributed by atoms with Crippen LogP contribution in [0, 0.1) is 27.7 Å². The maximum absolute atomic E-state index is 13.2. The molecular weight excluding hydrogens is 295 g/mol. The average Bonchev–Trinajstić information content (AvgIpc) is 2.46. The Morgan fingerprint density at radius 1 is 0.909 bits per heavy atom. The molecule has 2 rings (SSSR count). The molecule has 0 aliphatic rings. The van der Waals surface area contributed by atoms with Gasteiger partial charge in [0.05, 0.1) is 0 Å². The van der Waals surface area contributed by atoms with Crippen LogP contribution in [0.25, 0.3) is 0 Å². The second-order valence-electron chi connectivity index (χ2n) is 5.65. The first kappa shape index (κ1) is 16.7. The van der Waals surface area contributed by atoms with E-state index in [4.69, 9.17) is 4.52 Å². The minimum atomic E-state index is -3.59. The van der Waals surface area contributed by atoms with Crippen LogP contribution in [-0.4, -0.2) is 12.6 Å². The first-order chi connectivity index (χ1) is 10.3. The summed E-state index contributed by atoms with van der Waals surface area (Å²) in [6.07, 6.45) is 0. The van der Waals surface area contributed by atoms with E-state index in [0.717, 1.165) is 22.3 Å². The predicted molar refractivity (Wildman–Crippen MR) is 90.4 cm³/mol. The second-order valence-corrected chi connectivity index (χ2v) is 8.04. The van der Waals surface area contributed by atoms with Crippen molar-refractivity contribution in [1.29, 1.82) is 0 Å². The van der Waals surface area contributed by atoms with Gasteiger partial charge in [0.15, 0.2) is 0 Å². The van der Waals surface area contributed by atoms with Crippen molar-refractivity contribution in [2.24, 2.45) is 0 Å². The van der Waals surface area contributed by atoms with Crippen LogP contribution in [0.1, 0.15) is 32.6 Å². The van der Waals surface area contributed by atoms with Crippen molar-refractivity contribution in [3.05, 3.63) is 64.2 Å². The van der Waals surface area contributed by atoms with Gasteiger partial charge in [-0.05, 0) is 51.0 Å². The molecule has 3 nitrogen and oxygen atoms in total. The van der Waals surface area contributed by atoms with Crippen LogP contribution in [0.2, 0.25) is 0 Å². The molecule has 0 heterocycles. The molecule has 1 unspecified atom stereocenters. The lowest BCUT2D eigenvalue weighted by atomic mass is 10.0. The van der Waals surface area contributed by atoms with E-state index in [1.165, 1.54) is 7.11 Å². The van der Waals surface area contributed by atoms with Gasteiger partial charge in [-0.1, -0.05) is 35.4 Å². The highest BCUT2D eigenvalue weighted by Gasteiger charge is 2.36. The van der Waals surface area contributed by atoms with Crippen LogP contribution in [0.4, 0.5) is 0 Å². The first-order valence-electron chi connectivity index (χ1n) is 7.15. The SMILES string of the molecule is COP(=O)(C(=O)c1c(C)cc(C)cc1C)c1ccc(C)cc1. The number of hydrogen-bond donors (Lipinski definition) is 0. The Kier molecular flexibility index (Phi) is 4.69. The summed E-state index contributed by atoms with van der Waals surface area (Å²) in [6, 6.07) is 10.9. The highest BCUT2D eigenvalue weighted by molar-refractivity contribution is 7.83. The van der Waals surface area contributed by atoms with E-state index in [2.05, 4.69) is 0 Å². The lowest BCUT2D eigenvalue weighted by Crippen LogP contribution is -2.16. The lowest BCUT2D eigenvalue weighted by molar-refractivity contribution is 0.105. The summed E-state index contributed by atoms with van der Waals surface area (Å²) in [5, 5.41) is 0.435. The maximum atomic E-state index is 13.2. The zero-order chi connectivity index (χ0) is 16.5. The third-order valence-corrected chi connectivity index (χ3v) is 6.04. The Labute approximate surface area is 131 Å². The summed E-state index contributed by atoms with van der Waals surface area (Å²) in [6.45, 7) is 7.65. The summed E-state index contributed by atoms with van der Waals surface area (Å²) < 4.78 is 18.4. The first-order valence-corrected chi connectivity index (χ1v) is 8.78. The molecule has 22 heavy (non-hydrogen) atoms. The summed E-state index contributed by atoms with van der Waals surface area (Å²) >= 11 is 0. The second kappa shape index (κ2) is 6.20. The molecule has 116 valence electrons. The molecule has 0 radical (unpaired) electrons. The minimum absolute atomic E-state index is 0.435. The number of benzene rings is 2. The van der Waals surface area contributed by atoms with E-state index in [0.29, 0.717) is 10.9 Å². The zero-order valence-corrected chi connectivity index (χ0v) is 14.5. The molecule has 0 aliphatic carbocycles. The molecule has 1 atom stereocenters. The molecule has 0 bridgehead atoms. The molecule has 0 fully saturated rings. The Hall–Kier alpha value is -1.70. The standard InChI is InChI=1S/C18H21O3P/c1-12-6-8-16(9-7-12)22(20,21-5)18(19)17-14(3)10-13(2)11-15(17)4/h6-11H,1-5H3. The Bertz CT molecular complexity index is 737. The van der Waals surface area contributed by atoms with Crippen molar-refractivity contribution >= 4 is 18.2 Å². The fourth-order valence-electron chi connectivity index (χ4n) is 2.71. The van der Waals surface area contributed by atoms with Crippen molar-refractivity contribution in [2.75, 3.05) is 7.11 Å². The van der Waals surface area contributed by atoms with Crippen LogP contribution in [-0.2, 0) is 9.09 Å². The van der Waals surface area contributed by atoms with Crippen molar-refractivity contribution in [2.45, 2.75) is 27.7 Å². The van der Waals surface area contributed by atoms with Gasteiger partial charge in [-0.2, -0.15) is 0 Å². The predicted octanol–water partition coefficient (Wildman–Crippen LogP) is 4.31. The number of hydrogen-bond acceptors (Lipinski definition) is 3. The van der Waals surface area contributed by atoms with E-state index in [1.54, 1.807) is 12.1 Å². The van der Waals surface area contributed by atoms with E-state index < -0.39 is 12.9 Å². The van der Waals surface area contributed by atoms with E-state index >= 15 is 0 Å². The molecule has 0 spiro atoms. The molecule has 0 amide bonds. The van der Waals surface area contributed by atoms with Crippen molar-refractivity contribution < 1.29 is 13.9 Å². The molecule has 0 aromatic heterocycles. The van der Waals surface area contributed by atoms with Gasteiger partial charge in [0, 0.05) is 18.0 Å². The molecule has 4 heteroatoms. The van der Waals surface area contributed by atoms with E-state index in [1.807, 2.05) is 52.0 Å². The average molecular weight is 316 g/mol. The maximum Gasteiger partial charge on any atom is 0.300 e. The normalized spacial score (nSPS) is 13.7. The van der Waals surface area contributed by atoms with Crippen LogP contribution >= 0.6 is 7.37 Å². The quantitative estimate of drug-likeness (QED) is 0.789. The van der Waals surface area contributed by atoms with Gasteiger partial charge in [-0.25, -0.2) is 0 Å². The van der Waals surface area contributed by atoms with Crippen LogP contribution in [0.5, 0.6) is 0 Å². The minimum Gasteiger partial charge on any atom is -0.323 e. The number of carbonyl (C=O) groups is 1. The Balaban J connectivity index is 2.59. The molecule has 2 aromatic rings. The summed E-state index contributed by atoms with van der Waals surface area (Å²) in [5.74, 6) is 0. The van der Waals surface area contributed by atoms with Crippen LogP contribution < -0.4 is 5.30 Å². The number of carbonyl (C=O) groups excluding carboxylic acids is 1. The molecular formula is C18H21O3P. The largest absolute Gasteiger partial charge is 0.323 e. The summed E-state index contributed by atoms with van der Waals surface area (Å²) in [7, 11) is -2.26. The van der Waals surface area contributed by atoms with E-state index in [-0.39, 0.29) is 0 Å². The van der Waals surface area contributed by atoms with Crippen molar-refractivity contribution in [3.63, 3.8) is 0 Å². The van der Waals surface area contributed by atoms with Gasteiger partial charge < -0.3 is 4.52 Å². The fourth-order valence-corrected chi connectivity index (χ4v) is 4.51.